The first-order valence-electron chi connectivity index (χ1n) is 25.1. The van der Waals surface area contributed by atoms with Crippen molar-refractivity contribution in [2.45, 2.75) is 265 Å². The molecule has 0 amide bonds. The molecule has 4 atom stereocenters. The van der Waals surface area contributed by atoms with Gasteiger partial charge in [-0.25, -0.2) is 0 Å². The van der Waals surface area contributed by atoms with Crippen LogP contribution in [0.25, 0.3) is 0 Å². The molecule has 1 fully saturated rings. The second-order valence-electron chi connectivity index (χ2n) is 17.7. The molecule has 0 aliphatic carbocycles. The Labute approximate surface area is 344 Å². The lowest BCUT2D eigenvalue weighted by molar-refractivity contribution is -0.150. The third kappa shape index (κ3) is 28.1. The number of ether oxygens (including phenoxy) is 2. The van der Waals surface area contributed by atoms with Crippen LogP contribution in [-0.2, 0) is 19.1 Å². The van der Waals surface area contributed by atoms with Gasteiger partial charge in [0.25, 0.3) is 0 Å². The molecule has 5 nitrogen and oxygen atoms in total. The minimum Gasteiger partial charge on any atom is -0.465 e. The molecule has 1 rings (SSSR count). The van der Waals surface area contributed by atoms with Crippen molar-refractivity contribution in [2.75, 3.05) is 26.3 Å². The van der Waals surface area contributed by atoms with Gasteiger partial charge in [-0.2, -0.15) is 0 Å². The lowest BCUT2D eigenvalue weighted by Gasteiger charge is -2.28. The summed E-state index contributed by atoms with van der Waals surface area (Å²) in [6, 6.07) is 0.642. The minimum absolute atomic E-state index is 0.0762. The van der Waals surface area contributed by atoms with Crippen LogP contribution in [0.1, 0.15) is 259 Å². The van der Waals surface area contributed by atoms with E-state index in [0.29, 0.717) is 19.3 Å². The Balaban J connectivity index is 2.56. The molecule has 1 aliphatic rings. The molecule has 0 saturated carbocycles. The summed E-state index contributed by atoms with van der Waals surface area (Å²) in [7, 11) is 0. The normalized spacial score (nSPS) is 17.1. The van der Waals surface area contributed by atoms with E-state index in [1.165, 1.54) is 161 Å². The molecule has 1 aliphatic heterocycles. The summed E-state index contributed by atoms with van der Waals surface area (Å²) in [6.07, 6.45) is 42.4. The van der Waals surface area contributed by atoms with Crippen LogP contribution in [0.4, 0.5) is 0 Å². The highest BCUT2D eigenvalue weighted by Crippen LogP contribution is 2.33. The number of unbranched alkanes of at least 4 members (excludes halogenated alkanes) is 21. The molecule has 5 heteroatoms. The average Bonchev–Trinajstić information content (AvgIpc) is 3.57. The van der Waals surface area contributed by atoms with E-state index in [-0.39, 0.29) is 23.8 Å². The smallest absolute Gasteiger partial charge is 0.308 e. The van der Waals surface area contributed by atoms with Crippen molar-refractivity contribution in [3.63, 3.8) is 0 Å². The molecule has 4 unspecified atom stereocenters. The van der Waals surface area contributed by atoms with Crippen LogP contribution >= 0.6 is 0 Å². The van der Waals surface area contributed by atoms with Gasteiger partial charge in [-0.1, -0.05) is 182 Å². The molecule has 0 aromatic heterocycles. The summed E-state index contributed by atoms with van der Waals surface area (Å²) < 4.78 is 11.9. The fourth-order valence-corrected chi connectivity index (χ4v) is 9.04. The fraction of sp³-hybridized carbons (Fsp3) is 0.960. The third-order valence-corrected chi connectivity index (χ3v) is 12.7. The number of carbonyl (C=O) groups is 2. The number of likely N-dealkylation sites (tertiary alicyclic amines) is 1. The topological polar surface area (TPSA) is 55.8 Å². The maximum Gasteiger partial charge on any atom is 0.308 e. The number of nitrogens with zero attached hydrogens (tertiary/aromatic N) is 1. The SMILES string of the molecule is CCCCCCCCC(CCCCCC)C(=O)OCCCCC1CCN(CCCCCC)C1CCCCOC(=O)C(CCCCCC)CCCCCCCC. The van der Waals surface area contributed by atoms with Crippen molar-refractivity contribution in [3.8, 4) is 0 Å². The van der Waals surface area contributed by atoms with Crippen molar-refractivity contribution < 1.29 is 19.1 Å². The zero-order valence-corrected chi connectivity index (χ0v) is 38.0. The van der Waals surface area contributed by atoms with Gasteiger partial charge in [0.2, 0.25) is 0 Å². The highest BCUT2D eigenvalue weighted by Gasteiger charge is 2.32. The van der Waals surface area contributed by atoms with Crippen LogP contribution < -0.4 is 0 Å². The summed E-state index contributed by atoms with van der Waals surface area (Å²) in [5.74, 6) is 1.07. The van der Waals surface area contributed by atoms with E-state index < -0.39 is 0 Å². The summed E-state index contributed by atoms with van der Waals surface area (Å²) in [5.41, 5.74) is 0. The summed E-state index contributed by atoms with van der Waals surface area (Å²) in [5, 5.41) is 0. The van der Waals surface area contributed by atoms with E-state index in [4.69, 9.17) is 9.47 Å². The van der Waals surface area contributed by atoms with Crippen LogP contribution in [0, 0.1) is 17.8 Å². The molecule has 0 aromatic rings. The summed E-state index contributed by atoms with van der Waals surface area (Å²) in [6.45, 7) is 15.0. The number of carbonyl (C=O) groups excluding carboxylic acids is 2. The molecule has 326 valence electrons. The first-order valence-corrected chi connectivity index (χ1v) is 25.1. The van der Waals surface area contributed by atoms with Crippen LogP contribution in [0.15, 0.2) is 0 Å². The number of esters is 2. The zero-order chi connectivity index (χ0) is 40.0. The van der Waals surface area contributed by atoms with Gasteiger partial charge >= 0.3 is 11.9 Å². The Kier molecular flexibility index (Phi) is 36.3. The maximum absolute atomic E-state index is 13.2. The van der Waals surface area contributed by atoms with Crippen molar-refractivity contribution in [1.29, 1.82) is 0 Å². The molecule has 1 saturated heterocycles. The summed E-state index contributed by atoms with van der Waals surface area (Å²) in [4.78, 5) is 29.2. The fourth-order valence-electron chi connectivity index (χ4n) is 9.04. The second-order valence-corrected chi connectivity index (χ2v) is 17.7. The highest BCUT2D eigenvalue weighted by molar-refractivity contribution is 5.72. The molecule has 1 heterocycles. The lowest BCUT2D eigenvalue weighted by Crippen LogP contribution is -2.34. The van der Waals surface area contributed by atoms with Gasteiger partial charge in [0.15, 0.2) is 0 Å². The molecule has 0 N–H and O–H groups in total. The first kappa shape index (κ1) is 51.9. The van der Waals surface area contributed by atoms with Gasteiger partial charge in [0, 0.05) is 6.04 Å². The highest BCUT2D eigenvalue weighted by atomic mass is 16.5. The molecule has 0 radical (unpaired) electrons. The largest absolute Gasteiger partial charge is 0.465 e. The molecule has 55 heavy (non-hydrogen) atoms. The van der Waals surface area contributed by atoms with Gasteiger partial charge in [-0.3, -0.25) is 9.59 Å². The molecule has 0 bridgehead atoms. The lowest BCUT2D eigenvalue weighted by atomic mass is 9.90. The Morgan fingerprint density at radius 1 is 0.455 bits per heavy atom. The van der Waals surface area contributed by atoms with E-state index in [0.717, 1.165) is 83.0 Å². The van der Waals surface area contributed by atoms with Crippen LogP contribution in [0.5, 0.6) is 0 Å². The number of rotatable bonds is 41. The number of hydrogen-bond acceptors (Lipinski definition) is 5. The Morgan fingerprint density at radius 3 is 1.25 bits per heavy atom. The molecule has 0 spiro atoms. The number of hydrogen-bond donors (Lipinski definition) is 0. The van der Waals surface area contributed by atoms with Gasteiger partial charge in [-0.15, -0.1) is 0 Å². The van der Waals surface area contributed by atoms with Crippen LogP contribution in [0.2, 0.25) is 0 Å². The van der Waals surface area contributed by atoms with E-state index in [2.05, 4.69) is 39.5 Å². The van der Waals surface area contributed by atoms with Crippen molar-refractivity contribution in [3.05, 3.63) is 0 Å². The molecule has 0 aromatic carbocycles. The Hall–Kier alpha value is -1.10. The Bertz CT molecular complexity index is 848. The average molecular weight is 776 g/mol. The molecular weight excluding hydrogens is 679 g/mol. The quantitative estimate of drug-likeness (QED) is 0.0457. The van der Waals surface area contributed by atoms with Crippen molar-refractivity contribution in [2.24, 2.45) is 17.8 Å². The van der Waals surface area contributed by atoms with Crippen LogP contribution in [0.3, 0.4) is 0 Å². The predicted molar refractivity (Wildman–Crippen MR) is 238 cm³/mol. The third-order valence-electron chi connectivity index (χ3n) is 12.7. The van der Waals surface area contributed by atoms with E-state index in [1.807, 2.05) is 0 Å². The monoisotopic (exact) mass is 776 g/mol. The van der Waals surface area contributed by atoms with Gasteiger partial charge in [0.05, 0.1) is 25.0 Å². The van der Waals surface area contributed by atoms with Gasteiger partial charge < -0.3 is 14.4 Å². The first-order chi connectivity index (χ1) is 27.0. The zero-order valence-electron chi connectivity index (χ0n) is 38.0. The second kappa shape index (κ2) is 38.4. The van der Waals surface area contributed by atoms with Gasteiger partial charge in [0.1, 0.15) is 0 Å². The Morgan fingerprint density at radius 2 is 0.818 bits per heavy atom. The van der Waals surface area contributed by atoms with E-state index in [1.54, 1.807) is 0 Å². The predicted octanol–water partition coefficient (Wildman–Crippen LogP) is 15.4. The standard InChI is InChI=1S/C50H97NO4/c1-6-11-16-21-23-27-37-46(35-25-18-13-8-3)49(52)54-43-32-29-34-45-40-42-51(41-31-20-15-10-5)48(45)39-30-33-44-55-50(53)47(36-26-19-14-9-4)38-28-24-22-17-12-7-2/h45-48H,6-44H2,1-5H3. The maximum atomic E-state index is 13.2. The van der Waals surface area contributed by atoms with Gasteiger partial charge in [-0.05, 0) is 96.1 Å². The summed E-state index contributed by atoms with van der Waals surface area (Å²) >= 11 is 0. The van der Waals surface area contributed by atoms with Crippen molar-refractivity contribution >= 4 is 11.9 Å². The minimum atomic E-state index is 0.0762. The van der Waals surface area contributed by atoms with Crippen LogP contribution in [-0.4, -0.2) is 49.2 Å². The van der Waals surface area contributed by atoms with Crippen molar-refractivity contribution in [1.82, 2.24) is 4.90 Å². The molecular formula is C50H97NO4. The van der Waals surface area contributed by atoms with E-state index >= 15 is 0 Å². The van der Waals surface area contributed by atoms with E-state index in [9.17, 15) is 9.59 Å².